The lowest BCUT2D eigenvalue weighted by molar-refractivity contribution is 0.0953. The minimum Gasteiger partial charge on any atom is -0.393 e. The SMILES string of the molecule is O=C(Nc1ccc(CF)cn1)N1CC=C(c2ncc([C@H](O)CO)cc2Cl)CC1. The average molecular weight is 407 g/mol. The summed E-state index contributed by atoms with van der Waals surface area (Å²) in [6, 6.07) is 4.42. The molecule has 1 atom stereocenters. The molecule has 0 saturated carbocycles. The lowest BCUT2D eigenvalue weighted by Gasteiger charge is -2.26. The molecule has 148 valence electrons. The second-order valence-electron chi connectivity index (χ2n) is 6.34. The van der Waals surface area contributed by atoms with Gasteiger partial charge in [-0.1, -0.05) is 23.7 Å². The maximum Gasteiger partial charge on any atom is 0.323 e. The third-order valence-corrected chi connectivity index (χ3v) is 4.72. The fraction of sp³-hybridized carbons (Fsp3) is 0.316. The number of pyridine rings is 2. The predicted molar refractivity (Wildman–Crippen MR) is 104 cm³/mol. The first kappa shape index (κ1) is 20.2. The Hall–Kier alpha value is -2.55. The molecule has 3 rings (SSSR count). The van der Waals surface area contributed by atoms with Crippen LogP contribution in [0.25, 0.3) is 5.57 Å². The second kappa shape index (κ2) is 9.09. The van der Waals surface area contributed by atoms with Gasteiger partial charge in [-0.3, -0.25) is 10.3 Å². The molecule has 0 spiro atoms. The monoisotopic (exact) mass is 406 g/mol. The van der Waals surface area contributed by atoms with Crippen LogP contribution in [0.1, 0.15) is 29.3 Å². The largest absolute Gasteiger partial charge is 0.393 e. The van der Waals surface area contributed by atoms with Crippen LogP contribution < -0.4 is 5.32 Å². The molecule has 2 aromatic rings. The number of rotatable bonds is 5. The Labute approximate surface area is 166 Å². The number of anilines is 1. The molecule has 2 aromatic heterocycles. The first-order valence-corrected chi connectivity index (χ1v) is 9.10. The molecular formula is C19H20ClFN4O3. The molecule has 7 nitrogen and oxygen atoms in total. The van der Waals surface area contributed by atoms with Gasteiger partial charge in [0, 0.05) is 36.6 Å². The zero-order valence-electron chi connectivity index (χ0n) is 15.0. The van der Waals surface area contributed by atoms with Crippen LogP contribution in [-0.2, 0) is 6.67 Å². The number of nitrogens with zero attached hydrogens (tertiary/aromatic N) is 3. The molecule has 1 aliphatic heterocycles. The number of aromatic nitrogens is 2. The first-order valence-electron chi connectivity index (χ1n) is 8.72. The Balaban J connectivity index is 1.64. The van der Waals surface area contributed by atoms with Crippen molar-refractivity contribution in [1.82, 2.24) is 14.9 Å². The zero-order valence-corrected chi connectivity index (χ0v) is 15.7. The van der Waals surface area contributed by atoms with E-state index in [-0.39, 0.29) is 6.03 Å². The minimum absolute atomic E-state index is 0.295. The zero-order chi connectivity index (χ0) is 20.1. The molecule has 3 N–H and O–H groups in total. The van der Waals surface area contributed by atoms with Gasteiger partial charge in [0.15, 0.2) is 0 Å². The Bertz CT molecular complexity index is 876. The molecule has 0 aromatic carbocycles. The molecule has 0 aliphatic carbocycles. The molecule has 1 aliphatic rings. The van der Waals surface area contributed by atoms with Crippen LogP contribution in [0.2, 0.25) is 5.02 Å². The fourth-order valence-electron chi connectivity index (χ4n) is 2.81. The number of nitrogens with one attached hydrogen (secondary N) is 1. The number of hydrogen-bond acceptors (Lipinski definition) is 5. The summed E-state index contributed by atoms with van der Waals surface area (Å²) in [5, 5.41) is 21.7. The van der Waals surface area contributed by atoms with E-state index in [9.17, 15) is 14.3 Å². The summed E-state index contributed by atoms with van der Waals surface area (Å²) in [5.41, 5.74) is 2.40. The Morgan fingerprint density at radius 1 is 1.36 bits per heavy atom. The Morgan fingerprint density at radius 3 is 2.75 bits per heavy atom. The third-order valence-electron chi connectivity index (χ3n) is 4.43. The van der Waals surface area contributed by atoms with Crippen molar-refractivity contribution in [3.8, 4) is 0 Å². The van der Waals surface area contributed by atoms with Crippen molar-refractivity contribution in [2.75, 3.05) is 25.0 Å². The average Bonchev–Trinajstić information content (AvgIpc) is 2.73. The van der Waals surface area contributed by atoms with Crippen molar-refractivity contribution < 1.29 is 19.4 Å². The van der Waals surface area contributed by atoms with Gasteiger partial charge in [-0.15, -0.1) is 0 Å². The van der Waals surface area contributed by atoms with Crippen LogP contribution in [0.15, 0.2) is 36.7 Å². The van der Waals surface area contributed by atoms with Crippen molar-refractivity contribution in [3.05, 3.63) is 58.5 Å². The highest BCUT2D eigenvalue weighted by Crippen LogP contribution is 2.29. The van der Waals surface area contributed by atoms with Crippen LogP contribution in [0, 0.1) is 0 Å². The molecule has 0 bridgehead atoms. The smallest absolute Gasteiger partial charge is 0.323 e. The molecule has 0 radical (unpaired) electrons. The first-order chi connectivity index (χ1) is 13.5. The number of amides is 2. The van der Waals surface area contributed by atoms with Crippen LogP contribution in [0.4, 0.5) is 15.0 Å². The lowest BCUT2D eigenvalue weighted by atomic mass is 10.0. The summed E-state index contributed by atoms with van der Waals surface area (Å²) < 4.78 is 12.5. The molecule has 0 unspecified atom stereocenters. The topological polar surface area (TPSA) is 98.6 Å². The van der Waals surface area contributed by atoms with Gasteiger partial charge in [-0.25, -0.2) is 14.2 Å². The number of carbonyl (C=O) groups excluding carboxylic acids is 1. The standard InChI is InChI=1S/C19H20ClFN4O3/c20-15-7-14(16(27)11-26)10-23-18(15)13-3-5-25(6-4-13)19(28)24-17-2-1-12(8-21)9-22-17/h1-3,7,9-10,16,26-27H,4-6,8,11H2,(H,22,24,28)/t16-/m1/s1. The van der Waals surface area contributed by atoms with Gasteiger partial charge in [0.1, 0.15) is 18.6 Å². The van der Waals surface area contributed by atoms with Gasteiger partial charge in [0.25, 0.3) is 0 Å². The molecule has 0 fully saturated rings. The fourth-order valence-corrected chi connectivity index (χ4v) is 3.11. The number of aliphatic hydroxyl groups is 2. The normalized spacial score (nSPS) is 15.1. The number of urea groups is 1. The van der Waals surface area contributed by atoms with E-state index in [0.29, 0.717) is 47.2 Å². The summed E-state index contributed by atoms with van der Waals surface area (Å²) in [6.45, 7) is -0.158. The predicted octanol–water partition coefficient (Wildman–Crippen LogP) is 2.95. The van der Waals surface area contributed by atoms with E-state index in [1.807, 2.05) is 6.08 Å². The van der Waals surface area contributed by atoms with Crippen LogP contribution >= 0.6 is 11.6 Å². The lowest BCUT2D eigenvalue weighted by Crippen LogP contribution is -2.38. The minimum atomic E-state index is -1.02. The van der Waals surface area contributed by atoms with Crippen molar-refractivity contribution in [1.29, 1.82) is 0 Å². The number of halogens is 2. The second-order valence-corrected chi connectivity index (χ2v) is 6.75. The molecular weight excluding hydrogens is 387 g/mol. The molecule has 0 saturated heterocycles. The highest BCUT2D eigenvalue weighted by Gasteiger charge is 2.21. The van der Waals surface area contributed by atoms with Gasteiger partial charge >= 0.3 is 6.03 Å². The van der Waals surface area contributed by atoms with Crippen molar-refractivity contribution in [3.63, 3.8) is 0 Å². The number of alkyl halides is 1. The quantitative estimate of drug-likeness (QED) is 0.709. The van der Waals surface area contributed by atoms with Crippen LogP contribution in [0.5, 0.6) is 0 Å². The third kappa shape index (κ3) is 4.64. The van der Waals surface area contributed by atoms with Crippen molar-refractivity contribution >= 4 is 29.0 Å². The van der Waals surface area contributed by atoms with E-state index in [1.54, 1.807) is 23.1 Å². The van der Waals surface area contributed by atoms with Crippen molar-refractivity contribution in [2.24, 2.45) is 0 Å². The molecule has 28 heavy (non-hydrogen) atoms. The van der Waals surface area contributed by atoms with E-state index in [1.165, 1.54) is 12.4 Å². The summed E-state index contributed by atoms with van der Waals surface area (Å²) >= 11 is 6.27. The Kier molecular flexibility index (Phi) is 6.56. The van der Waals surface area contributed by atoms with Gasteiger partial charge in [0.2, 0.25) is 0 Å². The maximum absolute atomic E-state index is 12.5. The van der Waals surface area contributed by atoms with Crippen molar-refractivity contribution in [2.45, 2.75) is 19.2 Å². The van der Waals surface area contributed by atoms with Gasteiger partial charge in [-0.2, -0.15) is 0 Å². The summed E-state index contributed by atoms with van der Waals surface area (Å²) in [5.74, 6) is 0.361. The number of aliphatic hydroxyl groups excluding tert-OH is 2. The maximum atomic E-state index is 12.5. The van der Waals surface area contributed by atoms with E-state index < -0.39 is 19.4 Å². The van der Waals surface area contributed by atoms with Gasteiger partial charge in [-0.05, 0) is 24.1 Å². The summed E-state index contributed by atoms with van der Waals surface area (Å²) in [7, 11) is 0. The Morgan fingerprint density at radius 2 is 2.18 bits per heavy atom. The number of carbonyl (C=O) groups is 1. The van der Waals surface area contributed by atoms with E-state index in [4.69, 9.17) is 16.7 Å². The van der Waals surface area contributed by atoms with Gasteiger partial charge in [0.05, 0.1) is 17.3 Å². The summed E-state index contributed by atoms with van der Waals surface area (Å²) in [4.78, 5) is 22.3. The van der Waals surface area contributed by atoms with Gasteiger partial charge < -0.3 is 15.1 Å². The molecule has 2 amide bonds. The van der Waals surface area contributed by atoms with E-state index in [2.05, 4.69) is 15.3 Å². The molecule has 3 heterocycles. The molecule has 9 heteroatoms. The highest BCUT2D eigenvalue weighted by atomic mass is 35.5. The van der Waals surface area contributed by atoms with Crippen LogP contribution in [-0.4, -0.2) is 50.8 Å². The van der Waals surface area contributed by atoms with Crippen LogP contribution in [0.3, 0.4) is 0 Å². The summed E-state index contributed by atoms with van der Waals surface area (Å²) in [6.07, 6.45) is 4.28. The number of hydrogen-bond donors (Lipinski definition) is 3. The van der Waals surface area contributed by atoms with E-state index >= 15 is 0 Å². The highest BCUT2D eigenvalue weighted by molar-refractivity contribution is 6.32. The van der Waals surface area contributed by atoms with E-state index in [0.717, 1.165) is 5.57 Å².